The summed E-state index contributed by atoms with van der Waals surface area (Å²) in [5.41, 5.74) is 9.83. The van der Waals surface area contributed by atoms with Crippen LogP contribution in [0.3, 0.4) is 0 Å². The van der Waals surface area contributed by atoms with Crippen molar-refractivity contribution in [2.75, 3.05) is 0 Å². The van der Waals surface area contributed by atoms with Gasteiger partial charge in [-0.05, 0) is 35.2 Å². The Morgan fingerprint density at radius 1 is 1.12 bits per heavy atom. The van der Waals surface area contributed by atoms with E-state index in [1.165, 1.54) is 11.1 Å². The van der Waals surface area contributed by atoms with Gasteiger partial charge in [0, 0.05) is 5.02 Å². The lowest BCUT2D eigenvalue weighted by Crippen LogP contribution is -2.13. The van der Waals surface area contributed by atoms with Gasteiger partial charge < -0.3 is 5.73 Å². The topological polar surface area (TPSA) is 26.0 Å². The molecule has 0 radical (unpaired) electrons. The Balaban J connectivity index is 2.40. The monoisotopic (exact) mass is 245 g/mol. The average molecular weight is 246 g/mol. The molecule has 1 unspecified atom stereocenters. The van der Waals surface area contributed by atoms with Crippen molar-refractivity contribution in [3.8, 4) is 0 Å². The Morgan fingerprint density at radius 2 is 1.88 bits per heavy atom. The fourth-order valence-corrected chi connectivity index (χ4v) is 2.24. The minimum atomic E-state index is -0.107. The van der Waals surface area contributed by atoms with E-state index in [0.29, 0.717) is 0 Å². The predicted molar refractivity (Wildman–Crippen MR) is 73.3 cm³/mol. The van der Waals surface area contributed by atoms with E-state index >= 15 is 0 Å². The van der Waals surface area contributed by atoms with Crippen LogP contribution in [-0.2, 0) is 6.42 Å². The van der Waals surface area contributed by atoms with Crippen LogP contribution in [0, 0.1) is 0 Å². The summed E-state index contributed by atoms with van der Waals surface area (Å²) in [5, 5.41) is 0.729. The Kier molecular flexibility index (Phi) is 3.82. The number of hydrogen-bond acceptors (Lipinski definition) is 1. The minimum absolute atomic E-state index is 0.107. The maximum absolute atomic E-state index is 6.30. The quantitative estimate of drug-likeness (QED) is 0.871. The maximum atomic E-state index is 6.30. The first kappa shape index (κ1) is 12.2. The molecule has 2 aromatic carbocycles. The van der Waals surface area contributed by atoms with Gasteiger partial charge >= 0.3 is 0 Å². The van der Waals surface area contributed by atoms with Crippen molar-refractivity contribution < 1.29 is 0 Å². The molecule has 2 aromatic rings. The molecule has 2 N–H and O–H groups in total. The fraction of sp³-hybridized carbons (Fsp3) is 0.200. The van der Waals surface area contributed by atoms with Gasteiger partial charge in [-0.15, -0.1) is 0 Å². The molecule has 0 amide bonds. The highest BCUT2D eigenvalue weighted by molar-refractivity contribution is 6.30. The zero-order valence-electron chi connectivity index (χ0n) is 9.86. The second-order valence-corrected chi connectivity index (χ2v) is 4.52. The predicted octanol–water partition coefficient (Wildman–Crippen LogP) is 3.95. The summed E-state index contributed by atoms with van der Waals surface area (Å²) < 4.78 is 0. The molecule has 0 aromatic heterocycles. The van der Waals surface area contributed by atoms with E-state index in [4.69, 9.17) is 17.3 Å². The van der Waals surface area contributed by atoms with Crippen molar-refractivity contribution in [2.24, 2.45) is 5.73 Å². The number of hydrogen-bond donors (Lipinski definition) is 1. The summed E-state index contributed by atoms with van der Waals surface area (Å²) in [4.78, 5) is 0. The Hall–Kier alpha value is -1.31. The van der Waals surface area contributed by atoms with Crippen molar-refractivity contribution in [1.29, 1.82) is 0 Å². The van der Waals surface area contributed by atoms with Crippen LogP contribution in [0.4, 0.5) is 0 Å². The maximum Gasteiger partial charge on any atom is 0.0554 e. The van der Waals surface area contributed by atoms with Crippen LogP contribution in [0.2, 0.25) is 5.02 Å². The standard InChI is InChI=1S/C15H16ClN/c1-2-11-6-3-4-9-14(11)15(17)12-7-5-8-13(16)10-12/h3-10,15H,2,17H2,1H3. The first-order valence-electron chi connectivity index (χ1n) is 5.81. The van der Waals surface area contributed by atoms with Crippen LogP contribution in [-0.4, -0.2) is 0 Å². The zero-order valence-corrected chi connectivity index (χ0v) is 10.6. The van der Waals surface area contributed by atoms with E-state index in [9.17, 15) is 0 Å². The lowest BCUT2D eigenvalue weighted by molar-refractivity contribution is 0.850. The van der Waals surface area contributed by atoms with E-state index in [0.717, 1.165) is 17.0 Å². The molecule has 0 fully saturated rings. The summed E-state index contributed by atoms with van der Waals surface area (Å²) in [7, 11) is 0. The average Bonchev–Trinajstić information content (AvgIpc) is 2.38. The summed E-state index contributed by atoms with van der Waals surface area (Å²) in [6, 6.07) is 15.9. The Bertz CT molecular complexity index is 508. The lowest BCUT2D eigenvalue weighted by Gasteiger charge is -2.16. The zero-order chi connectivity index (χ0) is 12.3. The normalized spacial score (nSPS) is 12.4. The molecule has 1 atom stereocenters. The molecule has 0 heterocycles. The molecule has 0 aliphatic rings. The van der Waals surface area contributed by atoms with Gasteiger partial charge in [0.15, 0.2) is 0 Å². The third kappa shape index (κ3) is 2.68. The molecule has 0 saturated carbocycles. The largest absolute Gasteiger partial charge is 0.320 e. The number of nitrogens with two attached hydrogens (primary N) is 1. The van der Waals surface area contributed by atoms with Gasteiger partial charge in [0.25, 0.3) is 0 Å². The van der Waals surface area contributed by atoms with Crippen LogP contribution in [0.1, 0.15) is 29.7 Å². The smallest absolute Gasteiger partial charge is 0.0554 e. The first-order valence-corrected chi connectivity index (χ1v) is 6.19. The van der Waals surface area contributed by atoms with Gasteiger partial charge in [0.1, 0.15) is 0 Å². The molecular weight excluding hydrogens is 230 g/mol. The summed E-state index contributed by atoms with van der Waals surface area (Å²) in [6.45, 7) is 2.14. The molecule has 0 spiro atoms. The van der Waals surface area contributed by atoms with E-state index in [1.807, 2.05) is 36.4 Å². The SMILES string of the molecule is CCc1ccccc1C(N)c1cccc(Cl)c1. The Labute approximate surface area is 107 Å². The van der Waals surface area contributed by atoms with Crippen molar-refractivity contribution in [2.45, 2.75) is 19.4 Å². The molecule has 2 heteroatoms. The van der Waals surface area contributed by atoms with Crippen LogP contribution < -0.4 is 5.73 Å². The molecule has 17 heavy (non-hydrogen) atoms. The molecule has 88 valence electrons. The second-order valence-electron chi connectivity index (χ2n) is 4.09. The van der Waals surface area contributed by atoms with E-state index in [1.54, 1.807) is 0 Å². The van der Waals surface area contributed by atoms with E-state index in [2.05, 4.69) is 19.1 Å². The molecule has 1 nitrogen and oxygen atoms in total. The molecule has 0 aliphatic heterocycles. The summed E-state index contributed by atoms with van der Waals surface area (Å²) in [5.74, 6) is 0. The van der Waals surface area contributed by atoms with Gasteiger partial charge in [-0.3, -0.25) is 0 Å². The van der Waals surface area contributed by atoms with Crippen LogP contribution in [0.25, 0.3) is 0 Å². The number of halogens is 1. The third-order valence-corrected chi connectivity index (χ3v) is 3.21. The van der Waals surface area contributed by atoms with Gasteiger partial charge in [-0.25, -0.2) is 0 Å². The lowest BCUT2D eigenvalue weighted by atomic mass is 9.94. The third-order valence-electron chi connectivity index (χ3n) is 2.98. The van der Waals surface area contributed by atoms with Crippen LogP contribution >= 0.6 is 11.6 Å². The number of benzene rings is 2. The van der Waals surface area contributed by atoms with Crippen LogP contribution in [0.5, 0.6) is 0 Å². The Morgan fingerprint density at radius 3 is 2.59 bits per heavy atom. The molecule has 0 saturated heterocycles. The van der Waals surface area contributed by atoms with Gasteiger partial charge in [-0.2, -0.15) is 0 Å². The van der Waals surface area contributed by atoms with Crippen molar-refractivity contribution in [3.05, 3.63) is 70.2 Å². The highest BCUT2D eigenvalue weighted by Crippen LogP contribution is 2.25. The second kappa shape index (κ2) is 5.35. The van der Waals surface area contributed by atoms with Gasteiger partial charge in [0.05, 0.1) is 6.04 Å². The van der Waals surface area contributed by atoms with Crippen molar-refractivity contribution >= 4 is 11.6 Å². The fourth-order valence-electron chi connectivity index (χ4n) is 2.04. The highest BCUT2D eigenvalue weighted by Gasteiger charge is 2.11. The van der Waals surface area contributed by atoms with Gasteiger partial charge in [0.2, 0.25) is 0 Å². The van der Waals surface area contributed by atoms with Gasteiger partial charge in [-0.1, -0.05) is 54.9 Å². The molecule has 2 rings (SSSR count). The summed E-state index contributed by atoms with van der Waals surface area (Å²) >= 11 is 5.99. The van der Waals surface area contributed by atoms with E-state index < -0.39 is 0 Å². The molecule has 0 bridgehead atoms. The minimum Gasteiger partial charge on any atom is -0.320 e. The molecule has 0 aliphatic carbocycles. The molecular formula is C15H16ClN. The van der Waals surface area contributed by atoms with Crippen molar-refractivity contribution in [3.63, 3.8) is 0 Å². The van der Waals surface area contributed by atoms with E-state index in [-0.39, 0.29) is 6.04 Å². The van der Waals surface area contributed by atoms with Crippen LogP contribution in [0.15, 0.2) is 48.5 Å². The highest BCUT2D eigenvalue weighted by atomic mass is 35.5. The summed E-state index contributed by atoms with van der Waals surface area (Å²) in [6.07, 6.45) is 0.991. The van der Waals surface area contributed by atoms with Crippen molar-refractivity contribution in [1.82, 2.24) is 0 Å². The number of aryl methyl sites for hydroxylation is 1. The number of rotatable bonds is 3. The first-order chi connectivity index (χ1) is 8.22.